The number of carboxylic acid groups (broad SMARTS) is 1. The molecule has 0 fully saturated rings. The van der Waals surface area contributed by atoms with Crippen molar-refractivity contribution in [3.8, 4) is 5.75 Å². The monoisotopic (exact) mass is 610 g/mol. The summed E-state index contributed by atoms with van der Waals surface area (Å²) in [5, 5.41) is 13.2. The molecule has 0 aliphatic rings. The first-order valence-corrected chi connectivity index (χ1v) is 15.4. The number of halogens is 1. The number of carbonyl (C=O) groups is 2. The summed E-state index contributed by atoms with van der Waals surface area (Å²) in [7, 11) is -3.49. The van der Waals surface area contributed by atoms with Crippen molar-refractivity contribution in [2.75, 3.05) is 17.7 Å². The highest BCUT2D eigenvalue weighted by atomic mass is 35.5. The third kappa shape index (κ3) is 8.75. The lowest BCUT2D eigenvalue weighted by molar-refractivity contribution is -0.139. The number of hydrogen-bond acceptors (Lipinski definition) is 7. The highest BCUT2D eigenvalue weighted by Crippen LogP contribution is 2.28. The number of aryl methyl sites for hydroxylation is 2. The van der Waals surface area contributed by atoms with Crippen LogP contribution in [0.2, 0.25) is 5.02 Å². The molecule has 0 unspecified atom stereocenters. The predicted octanol–water partition coefficient (Wildman–Crippen LogP) is 6.40. The van der Waals surface area contributed by atoms with Crippen molar-refractivity contribution in [2.24, 2.45) is 0 Å². The maximum atomic E-state index is 13.2. The maximum Gasteiger partial charge on any atom is 0.341 e. The number of nitrogens with zero attached hydrogens (tertiary/aromatic N) is 1. The summed E-state index contributed by atoms with van der Waals surface area (Å²) in [4.78, 5) is 29.9. The van der Waals surface area contributed by atoms with E-state index in [2.05, 4.69) is 10.3 Å². The zero-order chi connectivity index (χ0) is 29.4. The van der Waals surface area contributed by atoms with Crippen LogP contribution in [0.25, 0.3) is 12.2 Å². The van der Waals surface area contributed by atoms with Crippen molar-refractivity contribution >= 4 is 62.5 Å². The molecule has 4 rings (SSSR count). The summed E-state index contributed by atoms with van der Waals surface area (Å²) in [5.74, 6) is -1.45. The van der Waals surface area contributed by atoms with Crippen LogP contribution in [-0.2, 0) is 21.1 Å². The van der Waals surface area contributed by atoms with Crippen LogP contribution in [0.5, 0.6) is 5.75 Å². The molecule has 212 valence electrons. The van der Waals surface area contributed by atoms with E-state index in [1.807, 2.05) is 25.1 Å². The third-order valence-corrected chi connectivity index (χ3v) is 8.85. The molecule has 0 aliphatic carbocycles. The first-order valence-electron chi connectivity index (χ1n) is 12.6. The number of thiazole rings is 1. The molecular formula is C30H27ClN2O6S2. The Morgan fingerprint density at radius 1 is 1.07 bits per heavy atom. The second-order valence-electron chi connectivity index (χ2n) is 9.11. The van der Waals surface area contributed by atoms with E-state index in [1.54, 1.807) is 53.9 Å². The van der Waals surface area contributed by atoms with Crippen molar-refractivity contribution in [1.29, 1.82) is 0 Å². The quantitative estimate of drug-likeness (QED) is 0.190. The van der Waals surface area contributed by atoms with Gasteiger partial charge in [0, 0.05) is 21.7 Å². The van der Waals surface area contributed by atoms with Crippen molar-refractivity contribution in [3.05, 3.63) is 105 Å². The Morgan fingerprint density at radius 3 is 2.56 bits per heavy atom. The molecule has 0 saturated carbocycles. The summed E-state index contributed by atoms with van der Waals surface area (Å²) < 4.78 is 30.7. The van der Waals surface area contributed by atoms with E-state index in [1.165, 1.54) is 24.3 Å². The molecule has 0 saturated heterocycles. The molecule has 1 heterocycles. The number of aliphatic carboxylic acids is 1. The van der Waals surface area contributed by atoms with E-state index >= 15 is 0 Å². The number of rotatable bonds is 12. The zero-order valence-corrected chi connectivity index (χ0v) is 24.4. The van der Waals surface area contributed by atoms with Gasteiger partial charge in [0.05, 0.1) is 16.3 Å². The summed E-state index contributed by atoms with van der Waals surface area (Å²) in [6, 6.07) is 18.0. The van der Waals surface area contributed by atoms with Crippen LogP contribution in [0.3, 0.4) is 0 Å². The molecule has 2 N–H and O–H groups in total. The highest BCUT2D eigenvalue weighted by Gasteiger charge is 2.16. The minimum absolute atomic E-state index is 0.0749. The van der Waals surface area contributed by atoms with Gasteiger partial charge in [0.15, 0.2) is 16.4 Å². The normalized spacial score (nSPS) is 11.5. The average Bonchev–Trinajstić information content (AvgIpc) is 3.36. The van der Waals surface area contributed by atoms with Gasteiger partial charge < -0.3 is 15.2 Å². The molecule has 1 amide bonds. The minimum Gasteiger partial charge on any atom is -0.480 e. The minimum atomic E-state index is -3.49. The number of benzene rings is 3. The Balaban J connectivity index is 1.48. The summed E-state index contributed by atoms with van der Waals surface area (Å²) in [6.07, 6.45) is 6.29. The molecule has 0 spiro atoms. The number of hydrogen-bond donors (Lipinski definition) is 2. The van der Waals surface area contributed by atoms with Crippen LogP contribution in [0.4, 0.5) is 5.69 Å². The Labute approximate surface area is 247 Å². The summed E-state index contributed by atoms with van der Waals surface area (Å²) in [6.45, 7) is 1.39. The molecule has 41 heavy (non-hydrogen) atoms. The number of carboxylic acids is 1. The van der Waals surface area contributed by atoms with Crippen molar-refractivity contribution in [1.82, 2.24) is 4.98 Å². The third-order valence-electron chi connectivity index (χ3n) is 5.90. The number of amides is 1. The molecule has 0 bridgehead atoms. The van der Waals surface area contributed by atoms with E-state index in [4.69, 9.17) is 21.4 Å². The summed E-state index contributed by atoms with van der Waals surface area (Å²) >= 11 is 7.43. The van der Waals surface area contributed by atoms with Gasteiger partial charge in [-0.2, -0.15) is 0 Å². The van der Waals surface area contributed by atoms with Gasteiger partial charge in [0.25, 0.3) is 5.91 Å². The van der Waals surface area contributed by atoms with Crippen LogP contribution < -0.4 is 10.1 Å². The predicted molar refractivity (Wildman–Crippen MR) is 162 cm³/mol. The number of anilines is 1. The van der Waals surface area contributed by atoms with Gasteiger partial charge in [-0.25, -0.2) is 18.2 Å². The largest absolute Gasteiger partial charge is 0.480 e. The van der Waals surface area contributed by atoms with Gasteiger partial charge in [-0.05, 0) is 85.5 Å². The number of carbonyl (C=O) groups excluding carboxylic acids is 1. The molecule has 1 aromatic heterocycles. The fourth-order valence-corrected chi connectivity index (χ4v) is 6.03. The SMILES string of the molecule is Cc1cnc(/C=C/c2cccc(C(=O)Nc3cc(CCCS(=O)(=O)c4ccc(Cl)cc4)ccc3OCC(=O)O)c2)s1. The number of aromatic nitrogens is 1. The Morgan fingerprint density at radius 2 is 1.85 bits per heavy atom. The van der Waals surface area contributed by atoms with Crippen molar-refractivity contribution in [3.63, 3.8) is 0 Å². The molecule has 11 heteroatoms. The van der Waals surface area contributed by atoms with Gasteiger partial charge in [-0.15, -0.1) is 11.3 Å². The maximum absolute atomic E-state index is 13.2. The van der Waals surface area contributed by atoms with Crippen LogP contribution >= 0.6 is 22.9 Å². The second kappa shape index (κ2) is 13.6. The van der Waals surface area contributed by atoms with Crippen molar-refractivity contribution in [2.45, 2.75) is 24.7 Å². The zero-order valence-electron chi connectivity index (χ0n) is 22.0. The van der Waals surface area contributed by atoms with Gasteiger partial charge in [0.1, 0.15) is 10.8 Å². The van der Waals surface area contributed by atoms with Gasteiger partial charge in [-0.1, -0.05) is 35.9 Å². The smallest absolute Gasteiger partial charge is 0.341 e. The first kappa shape index (κ1) is 30.0. The molecule has 0 atom stereocenters. The highest BCUT2D eigenvalue weighted by molar-refractivity contribution is 7.91. The van der Waals surface area contributed by atoms with E-state index in [9.17, 15) is 18.0 Å². The second-order valence-corrected chi connectivity index (χ2v) is 12.9. The van der Waals surface area contributed by atoms with Crippen LogP contribution in [0.15, 0.2) is 77.8 Å². The molecule has 0 aliphatic heterocycles. The summed E-state index contributed by atoms with van der Waals surface area (Å²) in [5.41, 5.74) is 2.24. The fourth-order valence-electron chi connectivity index (χ4n) is 3.92. The van der Waals surface area contributed by atoms with E-state index in [0.29, 0.717) is 23.4 Å². The lowest BCUT2D eigenvalue weighted by Crippen LogP contribution is -2.15. The Hall–Kier alpha value is -3.99. The topological polar surface area (TPSA) is 123 Å². The van der Waals surface area contributed by atoms with E-state index < -0.39 is 28.3 Å². The molecule has 3 aromatic carbocycles. The first-order chi connectivity index (χ1) is 19.6. The van der Waals surface area contributed by atoms with Gasteiger partial charge >= 0.3 is 5.97 Å². The molecule has 4 aromatic rings. The number of nitrogens with one attached hydrogen (secondary N) is 1. The standard InChI is InChI=1S/C30H27ClN2O6S2/c1-20-18-32-28(40-20)14-8-21-4-2-6-23(16-21)30(36)33-26-17-22(7-13-27(26)39-19-29(34)35)5-3-15-41(37,38)25-11-9-24(31)10-12-25/h2,4,6-14,16-18H,3,5,15,19H2,1H3,(H,33,36)(H,34,35)/b14-8+. The lowest BCUT2D eigenvalue weighted by atomic mass is 10.1. The molecule has 0 radical (unpaired) electrons. The Bertz CT molecular complexity index is 1680. The van der Waals surface area contributed by atoms with Gasteiger partial charge in [-0.3, -0.25) is 4.79 Å². The van der Waals surface area contributed by atoms with E-state index in [-0.39, 0.29) is 22.1 Å². The number of ether oxygens (including phenoxy) is 1. The lowest BCUT2D eigenvalue weighted by Gasteiger charge is -2.14. The fraction of sp³-hybridized carbons (Fsp3) is 0.167. The average molecular weight is 611 g/mol. The molecular weight excluding hydrogens is 584 g/mol. The van der Waals surface area contributed by atoms with Crippen LogP contribution in [-0.4, -0.2) is 42.7 Å². The number of sulfone groups is 1. The van der Waals surface area contributed by atoms with Crippen LogP contribution in [0, 0.1) is 6.92 Å². The van der Waals surface area contributed by atoms with Crippen molar-refractivity contribution < 1.29 is 27.9 Å². The Kier molecular flexibility index (Phi) is 9.93. The van der Waals surface area contributed by atoms with E-state index in [0.717, 1.165) is 21.0 Å². The van der Waals surface area contributed by atoms with Gasteiger partial charge in [0.2, 0.25) is 0 Å². The van der Waals surface area contributed by atoms with Crippen LogP contribution in [0.1, 0.15) is 37.8 Å². The molecule has 8 nitrogen and oxygen atoms in total.